The molecule has 0 saturated carbocycles. The van der Waals surface area contributed by atoms with E-state index in [1.54, 1.807) is 18.3 Å². The van der Waals surface area contributed by atoms with Crippen LogP contribution in [0.3, 0.4) is 0 Å². The van der Waals surface area contributed by atoms with Crippen molar-refractivity contribution in [1.82, 2.24) is 15.5 Å². The van der Waals surface area contributed by atoms with E-state index in [0.717, 1.165) is 23.2 Å². The highest BCUT2D eigenvalue weighted by atomic mass is 16.5. The predicted octanol–water partition coefficient (Wildman–Crippen LogP) is 3.76. The molecule has 0 spiro atoms. The van der Waals surface area contributed by atoms with Gasteiger partial charge in [0.1, 0.15) is 29.5 Å². The molecule has 0 atom stereocenters. The van der Waals surface area contributed by atoms with Crippen LogP contribution in [0.25, 0.3) is 11.3 Å². The third-order valence-electron chi connectivity index (χ3n) is 3.92. The van der Waals surface area contributed by atoms with Crippen LogP contribution in [0.1, 0.15) is 35.2 Å². The Morgan fingerprint density at radius 3 is 2.69 bits per heavy atom. The zero-order chi connectivity index (χ0) is 18.4. The maximum Gasteiger partial charge on any atom is 0.269 e. The molecule has 0 radical (unpaired) electrons. The lowest BCUT2D eigenvalue weighted by Crippen LogP contribution is -2.24. The molecule has 2 heterocycles. The first kappa shape index (κ1) is 17.7. The number of carbonyl (C=O) groups is 1. The summed E-state index contributed by atoms with van der Waals surface area (Å²) in [6.45, 7) is 4.80. The van der Waals surface area contributed by atoms with Crippen molar-refractivity contribution in [2.45, 2.75) is 26.9 Å². The van der Waals surface area contributed by atoms with E-state index in [1.165, 1.54) is 0 Å². The molecular weight excluding hydrogens is 330 g/mol. The van der Waals surface area contributed by atoms with Gasteiger partial charge in [-0.1, -0.05) is 42.4 Å². The molecule has 0 aliphatic rings. The first-order chi connectivity index (χ1) is 12.7. The van der Waals surface area contributed by atoms with Crippen LogP contribution in [-0.2, 0) is 6.61 Å². The van der Waals surface area contributed by atoms with Crippen molar-refractivity contribution in [2.75, 3.05) is 6.54 Å². The Hall–Kier alpha value is -3.15. The van der Waals surface area contributed by atoms with Gasteiger partial charge in [-0.2, -0.15) is 0 Å². The fraction of sp³-hybridized carbons (Fsp3) is 0.250. The van der Waals surface area contributed by atoms with E-state index < -0.39 is 0 Å². The lowest BCUT2D eigenvalue weighted by Gasteiger charge is -2.08. The lowest BCUT2D eigenvalue weighted by molar-refractivity contribution is 0.0948. The van der Waals surface area contributed by atoms with Gasteiger partial charge in [0.25, 0.3) is 5.91 Å². The molecule has 2 aromatic heterocycles. The van der Waals surface area contributed by atoms with Gasteiger partial charge in [0.15, 0.2) is 0 Å². The van der Waals surface area contributed by atoms with Crippen molar-refractivity contribution >= 4 is 5.91 Å². The molecule has 0 aliphatic heterocycles. The number of carbonyl (C=O) groups excluding carboxylic acids is 1. The van der Waals surface area contributed by atoms with Crippen LogP contribution in [0.2, 0.25) is 0 Å². The number of nitrogens with zero attached hydrogens (tertiary/aromatic N) is 2. The number of benzene rings is 1. The molecule has 0 fully saturated rings. The van der Waals surface area contributed by atoms with Gasteiger partial charge in [-0.15, -0.1) is 0 Å². The number of rotatable bonds is 7. The minimum Gasteiger partial charge on any atom is -0.487 e. The van der Waals surface area contributed by atoms with Gasteiger partial charge >= 0.3 is 0 Å². The maximum absolute atomic E-state index is 11.9. The first-order valence-corrected chi connectivity index (χ1v) is 8.56. The quantitative estimate of drug-likeness (QED) is 0.701. The number of hydrogen-bond acceptors (Lipinski definition) is 5. The summed E-state index contributed by atoms with van der Waals surface area (Å²) in [6.07, 6.45) is 2.43. The monoisotopic (exact) mass is 351 g/mol. The number of hydrogen-bond donors (Lipinski definition) is 1. The van der Waals surface area contributed by atoms with Crippen LogP contribution in [0, 0.1) is 6.92 Å². The molecule has 0 unspecified atom stereocenters. The van der Waals surface area contributed by atoms with E-state index in [0.29, 0.717) is 30.4 Å². The molecule has 134 valence electrons. The van der Waals surface area contributed by atoms with Gasteiger partial charge in [0, 0.05) is 12.1 Å². The highest BCUT2D eigenvalue weighted by molar-refractivity contribution is 5.92. The van der Waals surface area contributed by atoms with Crippen LogP contribution in [0.4, 0.5) is 0 Å². The van der Waals surface area contributed by atoms with E-state index in [9.17, 15) is 4.79 Å². The summed E-state index contributed by atoms with van der Waals surface area (Å²) in [7, 11) is 0. The predicted molar refractivity (Wildman–Crippen MR) is 97.9 cm³/mol. The average Bonchev–Trinajstić information content (AvgIpc) is 3.06. The van der Waals surface area contributed by atoms with Gasteiger partial charge in [0.05, 0.1) is 11.8 Å². The van der Waals surface area contributed by atoms with E-state index in [1.807, 2.05) is 44.2 Å². The molecule has 0 saturated heterocycles. The molecule has 1 aromatic carbocycles. The second kappa shape index (κ2) is 8.29. The SMILES string of the molecule is CCCNC(=O)c1ccc(OCc2c(-c3ccccc3)noc2C)cn1. The summed E-state index contributed by atoms with van der Waals surface area (Å²) in [5.74, 6) is 1.11. The third-order valence-corrected chi connectivity index (χ3v) is 3.92. The Kier molecular flexibility index (Phi) is 5.63. The van der Waals surface area contributed by atoms with E-state index in [-0.39, 0.29) is 5.91 Å². The van der Waals surface area contributed by atoms with Gasteiger partial charge in [-0.05, 0) is 25.5 Å². The smallest absolute Gasteiger partial charge is 0.269 e. The Bertz CT molecular complexity index is 858. The highest BCUT2D eigenvalue weighted by Crippen LogP contribution is 2.26. The van der Waals surface area contributed by atoms with E-state index in [2.05, 4.69) is 15.5 Å². The maximum atomic E-state index is 11.9. The Morgan fingerprint density at radius 2 is 2.00 bits per heavy atom. The summed E-state index contributed by atoms with van der Waals surface area (Å²) in [6, 6.07) is 13.2. The zero-order valence-corrected chi connectivity index (χ0v) is 14.9. The van der Waals surface area contributed by atoms with Gasteiger partial charge in [-0.3, -0.25) is 4.79 Å². The molecule has 1 amide bonds. The molecular formula is C20H21N3O3. The standard InChI is InChI=1S/C20H21N3O3/c1-3-11-21-20(24)18-10-9-16(12-22-18)25-13-17-14(2)26-23-19(17)15-7-5-4-6-8-15/h4-10,12H,3,11,13H2,1-2H3,(H,21,24). The Morgan fingerprint density at radius 1 is 1.19 bits per heavy atom. The molecule has 1 N–H and O–H groups in total. The number of aryl methyl sites for hydroxylation is 1. The average molecular weight is 351 g/mol. The molecule has 3 rings (SSSR count). The van der Waals surface area contributed by atoms with Crippen LogP contribution in [0.5, 0.6) is 5.75 Å². The fourth-order valence-corrected chi connectivity index (χ4v) is 2.47. The zero-order valence-electron chi connectivity index (χ0n) is 14.9. The fourth-order valence-electron chi connectivity index (χ4n) is 2.47. The van der Waals surface area contributed by atoms with Crippen molar-refractivity contribution in [3.8, 4) is 17.0 Å². The molecule has 0 aliphatic carbocycles. The van der Waals surface area contributed by atoms with Crippen molar-refractivity contribution in [2.24, 2.45) is 0 Å². The molecule has 0 bridgehead atoms. The van der Waals surface area contributed by atoms with E-state index in [4.69, 9.17) is 9.26 Å². The van der Waals surface area contributed by atoms with Gasteiger partial charge in [0.2, 0.25) is 0 Å². The minimum absolute atomic E-state index is 0.181. The molecule has 6 heteroatoms. The van der Waals surface area contributed by atoms with Crippen LogP contribution in [-0.4, -0.2) is 22.6 Å². The normalized spacial score (nSPS) is 10.5. The number of pyridine rings is 1. The van der Waals surface area contributed by atoms with Crippen molar-refractivity contribution in [3.05, 3.63) is 65.7 Å². The first-order valence-electron chi connectivity index (χ1n) is 8.56. The number of ether oxygens (including phenoxy) is 1. The van der Waals surface area contributed by atoms with Crippen molar-refractivity contribution in [1.29, 1.82) is 0 Å². The Labute approximate surface area is 152 Å². The molecule has 3 aromatic rings. The van der Waals surface area contributed by atoms with Crippen molar-refractivity contribution in [3.63, 3.8) is 0 Å². The summed E-state index contributed by atoms with van der Waals surface area (Å²) in [4.78, 5) is 16.0. The van der Waals surface area contributed by atoms with E-state index >= 15 is 0 Å². The largest absolute Gasteiger partial charge is 0.487 e. The summed E-state index contributed by atoms with van der Waals surface area (Å²) in [5, 5.41) is 6.93. The number of nitrogens with one attached hydrogen (secondary N) is 1. The molecule has 6 nitrogen and oxygen atoms in total. The third kappa shape index (κ3) is 4.08. The van der Waals surface area contributed by atoms with Crippen molar-refractivity contribution < 1.29 is 14.1 Å². The highest BCUT2D eigenvalue weighted by Gasteiger charge is 2.15. The minimum atomic E-state index is -0.181. The summed E-state index contributed by atoms with van der Waals surface area (Å²) < 4.78 is 11.1. The lowest BCUT2D eigenvalue weighted by atomic mass is 10.1. The number of aromatic nitrogens is 2. The van der Waals surface area contributed by atoms with Gasteiger partial charge < -0.3 is 14.6 Å². The number of amides is 1. The van der Waals surface area contributed by atoms with Crippen LogP contribution < -0.4 is 10.1 Å². The van der Waals surface area contributed by atoms with Gasteiger partial charge in [-0.25, -0.2) is 4.98 Å². The molecule has 26 heavy (non-hydrogen) atoms. The van der Waals surface area contributed by atoms with Crippen LogP contribution >= 0.6 is 0 Å². The Balaban J connectivity index is 1.68. The second-order valence-electron chi connectivity index (χ2n) is 5.86. The van der Waals surface area contributed by atoms with Crippen LogP contribution in [0.15, 0.2) is 53.2 Å². The summed E-state index contributed by atoms with van der Waals surface area (Å²) >= 11 is 0. The summed E-state index contributed by atoms with van der Waals surface area (Å²) in [5.41, 5.74) is 3.01. The second-order valence-corrected chi connectivity index (χ2v) is 5.86. The topological polar surface area (TPSA) is 77.2 Å².